The molecule has 0 unspecified atom stereocenters. The molecule has 92 valence electrons. The van der Waals surface area contributed by atoms with Crippen LogP contribution in [0.2, 0.25) is 5.28 Å². The Morgan fingerprint density at radius 1 is 1.47 bits per heavy atom. The molecule has 1 N–H and O–H groups in total. The second kappa shape index (κ2) is 5.96. The van der Waals surface area contributed by atoms with Crippen molar-refractivity contribution in [2.24, 2.45) is 5.92 Å². The summed E-state index contributed by atoms with van der Waals surface area (Å²) in [4.78, 5) is 19.3. The summed E-state index contributed by atoms with van der Waals surface area (Å²) in [6.45, 7) is 0. The van der Waals surface area contributed by atoms with Crippen LogP contribution in [0, 0.1) is 5.92 Å². The van der Waals surface area contributed by atoms with Gasteiger partial charge in [-0.3, -0.25) is 4.79 Å². The van der Waals surface area contributed by atoms with E-state index in [-0.39, 0.29) is 11.2 Å². The van der Waals surface area contributed by atoms with Gasteiger partial charge in [-0.15, -0.1) is 0 Å². The van der Waals surface area contributed by atoms with Crippen molar-refractivity contribution in [3.05, 3.63) is 17.5 Å². The summed E-state index contributed by atoms with van der Waals surface area (Å²) in [6, 6.07) is 1.64. The highest BCUT2D eigenvalue weighted by atomic mass is 35.5. The Kier molecular flexibility index (Phi) is 4.31. The predicted octanol–water partition coefficient (Wildman–Crippen LogP) is 3.04. The number of carbonyl (C=O) groups is 1. The van der Waals surface area contributed by atoms with E-state index in [1.165, 1.54) is 31.9 Å². The molecule has 1 heterocycles. The van der Waals surface area contributed by atoms with Crippen LogP contribution in [-0.4, -0.2) is 15.9 Å². The maximum atomic E-state index is 11.7. The fourth-order valence-electron chi connectivity index (χ4n) is 2.24. The molecule has 0 radical (unpaired) electrons. The number of nitrogens with one attached hydrogen (secondary N) is 1. The number of halogens is 1. The van der Waals surface area contributed by atoms with Gasteiger partial charge in [0.25, 0.3) is 0 Å². The van der Waals surface area contributed by atoms with E-state index < -0.39 is 0 Å². The van der Waals surface area contributed by atoms with Crippen molar-refractivity contribution in [1.82, 2.24) is 9.97 Å². The maximum Gasteiger partial charge on any atom is 0.225 e. The molecule has 0 aromatic carbocycles. The molecule has 5 heteroatoms. The molecule has 4 nitrogen and oxygen atoms in total. The van der Waals surface area contributed by atoms with Gasteiger partial charge in [-0.2, -0.15) is 0 Å². The molecule has 0 aliphatic heterocycles. The third-order valence-electron chi connectivity index (χ3n) is 3.15. The first-order valence-corrected chi connectivity index (χ1v) is 6.40. The molecule has 2 rings (SSSR count). The van der Waals surface area contributed by atoms with Crippen molar-refractivity contribution < 1.29 is 4.79 Å². The highest BCUT2D eigenvalue weighted by Crippen LogP contribution is 2.28. The standard InChI is InChI=1S/C12H16ClN3O/c13-12-14-8-7-10(16-12)15-11(17)6-5-9-3-1-2-4-9/h7-9H,1-6H2,(H,14,15,16,17). The average molecular weight is 254 g/mol. The Morgan fingerprint density at radius 2 is 2.24 bits per heavy atom. The highest BCUT2D eigenvalue weighted by molar-refractivity contribution is 6.28. The summed E-state index contributed by atoms with van der Waals surface area (Å²) >= 11 is 5.64. The number of anilines is 1. The van der Waals surface area contributed by atoms with Crippen molar-refractivity contribution in [2.45, 2.75) is 38.5 Å². The van der Waals surface area contributed by atoms with Crippen LogP contribution >= 0.6 is 11.6 Å². The second-order valence-electron chi connectivity index (χ2n) is 4.45. The molecule has 1 fully saturated rings. The maximum absolute atomic E-state index is 11.7. The first kappa shape index (κ1) is 12.3. The normalized spacial score (nSPS) is 16.1. The van der Waals surface area contributed by atoms with E-state index in [9.17, 15) is 4.79 Å². The number of hydrogen-bond donors (Lipinski definition) is 1. The quantitative estimate of drug-likeness (QED) is 0.839. The molecule has 1 saturated carbocycles. The van der Waals surface area contributed by atoms with Gasteiger partial charge in [-0.05, 0) is 30.0 Å². The molecule has 0 atom stereocenters. The van der Waals surface area contributed by atoms with E-state index >= 15 is 0 Å². The van der Waals surface area contributed by atoms with Crippen molar-refractivity contribution in [3.63, 3.8) is 0 Å². The summed E-state index contributed by atoms with van der Waals surface area (Å²) in [5.41, 5.74) is 0. The number of hydrogen-bond acceptors (Lipinski definition) is 3. The lowest BCUT2D eigenvalue weighted by molar-refractivity contribution is -0.116. The van der Waals surface area contributed by atoms with Crippen molar-refractivity contribution >= 4 is 23.3 Å². The van der Waals surface area contributed by atoms with Crippen LogP contribution in [0.4, 0.5) is 5.82 Å². The van der Waals surface area contributed by atoms with E-state index in [0.29, 0.717) is 12.2 Å². The van der Waals surface area contributed by atoms with Crippen molar-refractivity contribution in [3.8, 4) is 0 Å². The van der Waals surface area contributed by atoms with Gasteiger partial charge in [0.15, 0.2) is 0 Å². The third kappa shape index (κ3) is 3.97. The minimum Gasteiger partial charge on any atom is -0.311 e. The van der Waals surface area contributed by atoms with E-state index in [0.717, 1.165) is 12.3 Å². The summed E-state index contributed by atoms with van der Waals surface area (Å²) in [6.07, 6.45) is 8.24. The average Bonchev–Trinajstić information content (AvgIpc) is 2.79. The summed E-state index contributed by atoms with van der Waals surface area (Å²) in [5.74, 6) is 1.21. The smallest absolute Gasteiger partial charge is 0.225 e. The van der Waals surface area contributed by atoms with Gasteiger partial charge in [0, 0.05) is 12.6 Å². The number of nitrogens with zero attached hydrogens (tertiary/aromatic N) is 2. The monoisotopic (exact) mass is 253 g/mol. The molecular weight excluding hydrogens is 238 g/mol. The number of carbonyl (C=O) groups excluding carboxylic acids is 1. The van der Waals surface area contributed by atoms with E-state index in [4.69, 9.17) is 11.6 Å². The van der Waals surface area contributed by atoms with Crippen LogP contribution in [0.15, 0.2) is 12.3 Å². The van der Waals surface area contributed by atoms with Crippen molar-refractivity contribution in [2.75, 3.05) is 5.32 Å². The lowest BCUT2D eigenvalue weighted by Crippen LogP contribution is -2.13. The van der Waals surface area contributed by atoms with Gasteiger partial charge < -0.3 is 5.32 Å². The molecule has 0 bridgehead atoms. The molecular formula is C12H16ClN3O. The zero-order valence-corrected chi connectivity index (χ0v) is 10.4. The molecule has 17 heavy (non-hydrogen) atoms. The molecule has 1 aliphatic carbocycles. The first-order valence-electron chi connectivity index (χ1n) is 6.02. The van der Waals surface area contributed by atoms with Gasteiger partial charge in [0.05, 0.1) is 0 Å². The number of rotatable bonds is 4. The fraction of sp³-hybridized carbons (Fsp3) is 0.583. The number of amides is 1. The van der Waals surface area contributed by atoms with E-state index in [1.54, 1.807) is 6.07 Å². The topological polar surface area (TPSA) is 54.9 Å². The zero-order chi connectivity index (χ0) is 12.1. The lowest BCUT2D eigenvalue weighted by Gasteiger charge is -2.08. The van der Waals surface area contributed by atoms with Gasteiger partial charge in [-0.1, -0.05) is 25.7 Å². The van der Waals surface area contributed by atoms with Crippen LogP contribution in [0.1, 0.15) is 38.5 Å². The Labute approximate surface area is 106 Å². The van der Waals surface area contributed by atoms with Crippen LogP contribution < -0.4 is 5.32 Å². The molecule has 1 aromatic rings. The van der Waals surface area contributed by atoms with Gasteiger partial charge in [0.1, 0.15) is 5.82 Å². The summed E-state index contributed by atoms with van der Waals surface area (Å²) < 4.78 is 0. The fourth-order valence-corrected chi connectivity index (χ4v) is 2.39. The van der Waals surface area contributed by atoms with Crippen LogP contribution in [0.3, 0.4) is 0 Å². The second-order valence-corrected chi connectivity index (χ2v) is 4.79. The van der Waals surface area contributed by atoms with Gasteiger partial charge in [-0.25, -0.2) is 9.97 Å². The highest BCUT2D eigenvalue weighted by Gasteiger charge is 2.16. The molecule has 0 saturated heterocycles. The summed E-state index contributed by atoms with van der Waals surface area (Å²) in [5, 5.41) is 2.88. The van der Waals surface area contributed by atoms with Crippen molar-refractivity contribution in [1.29, 1.82) is 0 Å². The first-order chi connectivity index (χ1) is 8.24. The molecule has 1 amide bonds. The minimum absolute atomic E-state index is 0.00617. The zero-order valence-electron chi connectivity index (χ0n) is 9.66. The Bertz CT molecular complexity index is 391. The Balaban J connectivity index is 1.76. The lowest BCUT2D eigenvalue weighted by atomic mass is 10.0. The molecule has 1 aromatic heterocycles. The van der Waals surface area contributed by atoms with E-state index in [2.05, 4.69) is 15.3 Å². The predicted molar refractivity (Wildman–Crippen MR) is 66.9 cm³/mol. The molecule has 0 spiro atoms. The van der Waals surface area contributed by atoms with Crippen LogP contribution in [0.25, 0.3) is 0 Å². The van der Waals surface area contributed by atoms with E-state index in [1.807, 2.05) is 0 Å². The largest absolute Gasteiger partial charge is 0.311 e. The minimum atomic E-state index is 0.00617. The summed E-state index contributed by atoms with van der Waals surface area (Å²) in [7, 11) is 0. The number of aromatic nitrogens is 2. The van der Waals surface area contributed by atoms with Gasteiger partial charge in [0.2, 0.25) is 11.2 Å². The SMILES string of the molecule is O=C(CCC1CCCC1)Nc1ccnc(Cl)n1. The molecule has 1 aliphatic rings. The third-order valence-corrected chi connectivity index (χ3v) is 3.33. The van der Waals surface area contributed by atoms with Crippen LogP contribution in [0.5, 0.6) is 0 Å². The Hall–Kier alpha value is -1.16. The van der Waals surface area contributed by atoms with Crippen LogP contribution in [-0.2, 0) is 4.79 Å². The van der Waals surface area contributed by atoms with Gasteiger partial charge >= 0.3 is 0 Å². The Morgan fingerprint density at radius 3 is 2.94 bits per heavy atom.